The average molecular weight is 241 g/mol. The van der Waals surface area contributed by atoms with Crippen molar-refractivity contribution in [3.63, 3.8) is 0 Å². The molecule has 0 amide bonds. The van der Waals surface area contributed by atoms with Crippen LogP contribution in [0.4, 0.5) is 5.69 Å². The van der Waals surface area contributed by atoms with Gasteiger partial charge < -0.3 is 15.4 Å². The summed E-state index contributed by atoms with van der Waals surface area (Å²) in [4.78, 5) is 2.30. The molecule has 3 nitrogen and oxygen atoms in total. The van der Waals surface area contributed by atoms with Crippen molar-refractivity contribution in [2.45, 2.75) is 12.5 Å². The molecule has 1 aromatic carbocycles. The number of morpholine rings is 1. The minimum atomic E-state index is 0.346. The van der Waals surface area contributed by atoms with Crippen molar-refractivity contribution < 1.29 is 4.74 Å². The number of hydrogen-bond donors (Lipinski definition) is 1. The van der Waals surface area contributed by atoms with E-state index in [1.165, 1.54) is 0 Å². The van der Waals surface area contributed by atoms with Gasteiger partial charge in [-0.25, -0.2) is 0 Å². The zero-order valence-corrected chi connectivity index (χ0v) is 9.99. The van der Waals surface area contributed by atoms with Crippen LogP contribution in [0.3, 0.4) is 0 Å². The second kappa shape index (κ2) is 5.53. The highest BCUT2D eigenvalue weighted by atomic mass is 35.5. The van der Waals surface area contributed by atoms with Crippen LogP contribution < -0.4 is 10.6 Å². The van der Waals surface area contributed by atoms with Gasteiger partial charge in [-0.2, -0.15) is 0 Å². The number of para-hydroxylation sites is 1. The van der Waals surface area contributed by atoms with Gasteiger partial charge in [0.2, 0.25) is 0 Å². The molecule has 1 aromatic rings. The zero-order valence-electron chi connectivity index (χ0n) is 9.23. The molecule has 1 saturated heterocycles. The lowest BCUT2D eigenvalue weighted by Crippen LogP contribution is -2.46. The second-order valence-electron chi connectivity index (χ2n) is 3.95. The Hall–Kier alpha value is -0.770. The van der Waals surface area contributed by atoms with Crippen LogP contribution in [0.2, 0.25) is 5.02 Å². The van der Waals surface area contributed by atoms with E-state index in [-0.39, 0.29) is 0 Å². The Morgan fingerprint density at radius 2 is 2.25 bits per heavy atom. The van der Waals surface area contributed by atoms with Gasteiger partial charge in [0.15, 0.2) is 0 Å². The zero-order chi connectivity index (χ0) is 11.4. The highest BCUT2D eigenvalue weighted by Crippen LogP contribution is 2.28. The molecule has 1 fully saturated rings. The van der Waals surface area contributed by atoms with Crippen LogP contribution in [0, 0.1) is 0 Å². The van der Waals surface area contributed by atoms with E-state index in [2.05, 4.69) is 11.0 Å². The standard InChI is InChI=1S/C12H17ClN2O/c13-11-3-1-2-4-12(11)15-7-8-16-9-10(15)5-6-14/h1-4,10H,5-9,14H2. The maximum atomic E-state index is 6.21. The van der Waals surface area contributed by atoms with Gasteiger partial charge in [0.05, 0.1) is 30.0 Å². The lowest BCUT2D eigenvalue weighted by Gasteiger charge is -2.37. The lowest BCUT2D eigenvalue weighted by molar-refractivity contribution is 0.0922. The van der Waals surface area contributed by atoms with Crippen molar-refractivity contribution in [3.8, 4) is 0 Å². The van der Waals surface area contributed by atoms with Crippen LogP contribution >= 0.6 is 11.6 Å². The molecular formula is C12H17ClN2O. The summed E-state index contributed by atoms with van der Waals surface area (Å²) in [6.07, 6.45) is 0.936. The largest absolute Gasteiger partial charge is 0.377 e. The molecule has 0 saturated carbocycles. The first kappa shape index (κ1) is 11.7. The molecule has 88 valence electrons. The lowest BCUT2D eigenvalue weighted by atomic mass is 10.1. The van der Waals surface area contributed by atoms with Crippen LogP contribution in [0.1, 0.15) is 6.42 Å². The molecule has 0 aliphatic carbocycles. The first-order chi connectivity index (χ1) is 7.83. The molecule has 0 bridgehead atoms. The molecule has 1 unspecified atom stereocenters. The van der Waals surface area contributed by atoms with E-state index in [0.29, 0.717) is 12.6 Å². The summed E-state index contributed by atoms with van der Waals surface area (Å²) in [5, 5.41) is 0.798. The summed E-state index contributed by atoms with van der Waals surface area (Å²) in [6, 6.07) is 8.28. The third-order valence-electron chi connectivity index (χ3n) is 2.89. The summed E-state index contributed by atoms with van der Waals surface area (Å²) in [5.74, 6) is 0. The summed E-state index contributed by atoms with van der Waals surface area (Å²) in [5.41, 5.74) is 6.71. The highest BCUT2D eigenvalue weighted by molar-refractivity contribution is 6.33. The number of nitrogens with zero attached hydrogens (tertiary/aromatic N) is 1. The molecule has 0 radical (unpaired) electrons. The molecular weight excluding hydrogens is 224 g/mol. The number of hydrogen-bond acceptors (Lipinski definition) is 3. The van der Waals surface area contributed by atoms with Gasteiger partial charge in [-0.3, -0.25) is 0 Å². The van der Waals surface area contributed by atoms with Gasteiger partial charge in [-0.05, 0) is 25.1 Å². The van der Waals surface area contributed by atoms with E-state index < -0.39 is 0 Å². The summed E-state index contributed by atoms with van der Waals surface area (Å²) in [7, 11) is 0. The Morgan fingerprint density at radius 1 is 1.44 bits per heavy atom. The third kappa shape index (κ3) is 2.48. The second-order valence-corrected chi connectivity index (χ2v) is 4.36. The number of benzene rings is 1. The topological polar surface area (TPSA) is 38.5 Å². The Labute approximate surface area is 101 Å². The van der Waals surface area contributed by atoms with Crippen LogP contribution in [-0.2, 0) is 4.74 Å². The molecule has 2 rings (SSSR count). The van der Waals surface area contributed by atoms with Crippen LogP contribution in [0.25, 0.3) is 0 Å². The fourth-order valence-electron chi connectivity index (χ4n) is 2.09. The average Bonchev–Trinajstić information content (AvgIpc) is 2.31. The van der Waals surface area contributed by atoms with Gasteiger partial charge in [0, 0.05) is 6.54 Å². The number of halogens is 1. The minimum absolute atomic E-state index is 0.346. The molecule has 1 aliphatic rings. The highest BCUT2D eigenvalue weighted by Gasteiger charge is 2.23. The Balaban J connectivity index is 2.19. The van der Waals surface area contributed by atoms with Crippen LogP contribution in [0.15, 0.2) is 24.3 Å². The van der Waals surface area contributed by atoms with Gasteiger partial charge in [0.25, 0.3) is 0 Å². The molecule has 4 heteroatoms. The quantitative estimate of drug-likeness (QED) is 0.877. The van der Waals surface area contributed by atoms with E-state index in [9.17, 15) is 0 Å². The van der Waals surface area contributed by atoms with E-state index in [0.717, 1.165) is 36.9 Å². The van der Waals surface area contributed by atoms with Crippen molar-refractivity contribution >= 4 is 17.3 Å². The Bertz CT molecular complexity index is 344. The maximum absolute atomic E-state index is 6.21. The molecule has 16 heavy (non-hydrogen) atoms. The SMILES string of the molecule is NCCC1COCCN1c1ccccc1Cl. The van der Waals surface area contributed by atoms with Gasteiger partial charge in [-0.1, -0.05) is 23.7 Å². The number of ether oxygens (including phenoxy) is 1. The number of rotatable bonds is 3. The number of nitrogens with two attached hydrogens (primary N) is 1. The van der Waals surface area contributed by atoms with Crippen molar-refractivity contribution in [2.75, 3.05) is 31.2 Å². The third-order valence-corrected chi connectivity index (χ3v) is 3.21. The minimum Gasteiger partial charge on any atom is -0.377 e. The van der Waals surface area contributed by atoms with Crippen LogP contribution in [-0.4, -0.2) is 32.3 Å². The van der Waals surface area contributed by atoms with Crippen molar-refractivity contribution in [1.29, 1.82) is 0 Å². The predicted molar refractivity (Wildman–Crippen MR) is 67.1 cm³/mol. The summed E-state index contributed by atoms with van der Waals surface area (Å²) < 4.78 is 5.49. The van der Waals surface area contributed by atoms with Gasteiger partial charge in [-0.15, -0.1) is 0 Å². The van der Waals surface area contributed by atoms with Gasteiger partial charge >= 0.3 is 0 Å². The fraction of sp³-hybridized carbons (Fsp3) is 0.500. The van der Waals surface area contributed by atoms with Crippen molar-refractivity contribution in [3.05, 3.63) is 29.3 Å². The van der Waals surface area contributed by atoms with E-state index >= 15 is 0 Å². The first-order valence-electron chi connectivity index (χ1n) is 5.62. The van der Waals surface area contributed by atoms with E-state index in [1.54, 1.807) is 0 Å². The van der Waals surface area contributed by atoms with E-state index in [4.69, 9.17) is 22.1 Å². The molecule has 0 spiro atoms. The molecule has 0 aromatic heterocycles. The fourth-order valence-corrected chi connectivity index (χ4v) is 2.33. The van der Waals surface area contributed by atoms with Crippen LogP contribution in [0.5, 0.6) is 0 Å². The molecule has 1 atom stereocenters. The smallest absolute Gasteiger partial charge is 0.0671 e. The number of anilines is 1. The molecule has 2 N–H and O–H groups in total. The first-order valence-corrected chi connectivity index (χ1v) is 5.99. The maximum Gasteiger partial charge on any atom is 0.0671 e. The Kier molecular flexibility index (Phi) is 4.04. The molecule has 1 heterocycles. The summed E-state index contributed by atoms with van der Waals surface area (Å²) >= 11 is 6.21. The summed E-state index contributed by atoms with van der Waals surface area (Å²) in [6.45, 7) is 3.05. The monoisotopic (exact) mass is 240 g/mol. The predicted octanol–water partition coefficient (Wildman–Crippen LogP) is 1.89. The normalized spacial score (nSPS) is 21.1. The van der Waals surface area contributed by atoms with Gasteiger partial charge in [0.1, 0.15) is 0 Å². The van der Waals surface area contributed by atoms with E-state index in [1.807, 2.05) is 18.2 Å². The molecule has 1 aliphatic heterocycles. The Morgan fingerprint density at radius 3 is 3.00 bits per heavy atom. The van der Waals surface area contributed by atoms with Crippen molar-refractivity contribution in [2.24, 2.45) is 5.73 Å². The van der Waals surface area contributed by atoms with Crippen molar-refractivity contribution in [1.82, 2.24) is 0 Å².